The third-order valence-electron chi connectivity index (χ3n) is 2.75. The van der Waals surface area contributed by atoms with Gasteiger partial charge in [-0.3, -0.25) is 4.79 Å². The van der Waals surface area contributed by atoms with Gasteiger partial charge < -0.3 is 4.90 Å². The number of nitrogens with zero attached hydrogens (tertiary/aromatic N) is 2. The van der Waals surface area contributed by atoms with Crippen LogP contribution in [0.2, 0.25) is 20.2 Å². The topological polar surface area (TPSA) is 33.2 Å². The quantitative estimate of drug-likeness (QED) is 0.488. The highest BCUT2D eigenvalue weighted by atomic mass is 35.5. The van der Waals surface area contributed by atoms with Crippen molar-refractivity contribution in [3.05, 3.63) is 61.0 Å². The van der Waals surface area contributed by atoms with Crippen LogP contribution in [0.15, 0.2) is 30.2 Å². The Morgan fingerprint density at radius 1 is 1.27 bits per heavy atom. The van der Waals surface area contributed by atoms with Crippen LogP contribution in [0.5, 0.6) is 0 Å². The van der Waals surface area contributed by atoms with E-state index >= 15 is 0 Å². The lowest BCUT2D eigenvalue weighted by Crippen LogP contribution is -2.31. The van der Waals surface area contributed by atoms with E-state index in [2.05, 4.69) is 11.6 Å². The Labute approximate surface area is 152 Å². The number of hydrogen-bond acceptors (Lipinski definition) is 3. The molecule has 0 aliphatic rings. The van der Waals surface area contributed by atoms with Crippen molar-refractivity contribution in [1.29, 1.82) is 0 Å². The minimum atomic E-state index is -0.390. The molecule has 0 radical (unpaired) electrons. The Balaban J connectivity index is 2.37. The summed E-state index contributed by atoms with van der Waals surface area (Å²) in [6, 6.07) is 3.85. The highest BCUT2D eigenvalue weighted by molar-refractivity contribution is 7.09. The molecule has 3 nitrogen and oxygen atoms in total. The fourth-order valence-electron chi connectivity index (χ4n) is 1.74. The first kappa shape index (κ1) is 17.6. The molecule has 0 aliphatic carbocycles. The molecule has 22 heavy (non-hydrogen) atoms. The first-order valence-corrected chi connectivity index (χ1v) is 8.47. The largest absolute Gasteiger partial charge is 0.328 e. The number of hydrogen-bond donors (Lipinski definition) is 0. The van der Waals surface area contributed by atoms with Gasteiger partial charge in [-0.1, -0.05) is 58.5 Å². The van der Waals surface area contributed by atoms with E-state index in [4.69, 9.17) is 46.4 Å². The fourth-order valence-corrected chi connectivity index (χ4v) is 3.27. The van der Waals surface area contributed by atoms with E-state index < -0.39 is 5.91 Å². The van der Waals surface area contributed by atoms with Crippen molar-refractivity contribution >= 4 is 63.6 Å². The summed E-state index contributed by atoms with van der Waals surface area (Å²) in [5.41, 5.74) is -0.0283. The molecule has 2 rings (SSSR count). The van der Waals surface area contributed by atoms with Gasteiger partial charge in [0.1, 0.15) is 10.8 Å². The van der Waals surface area contributed by atoms with Crippen molar-refractivity contribution in [3.63, 3.8) is 0 Å². The van der Waals surface area contributed by atoms with Crippen LogP contribution in [-0.2, 0) is 6.54 Å². The van der Waals surface area contributed by atoms with Gasteiger partial charge in [0, 0.05) is 11.4 Å². The zero-order valence-corrected chi connectivity index (χ0v) is 15.0. The first-order chi connectivity index (χ1) is 10.5. The van der Waals surface area contributed by atoms with Crippen molar-refractivity contribution in [1.82, 2.24) is 9.88 Å². The lowest BCUT2D eigenvalue weighted by atomic mass is 10.3. The molecule has 0 aromatic carbocycles. The number of aromatic nitrogens is 1. The van der Waals surface area contributed by atoms with Crippen LogP contribution in [-0.4, -0.2) is 22.3 Å². The van der Waals surface area contributed by atoms with Crippen LogP contribution in [0.25, 0.3) is 0 Å². The van der Waals surface area contributed by atoms with Gasteiger partial charge in [0.25, 0.3) is 5.91 Å². The summed E-state index contributed by atoms with van der Waals surface area (Å²) < 4.78 is 0. The van der Waals surface area contributed by atoms with Crippen molar-refractivity contribution in [2.24, 2.45) is 0 Å². The molecule has 0 spiro atoms. The maximum atomic E-state index is 12.7. The summed E-state index contributed by atoms with van der Waals surface area (Å²) in [7, 11) is 0. The van der Waals surface area contributed by atoms with Crippen LogP contribution < -0.4 is 0 Å². The Morgan fingerprint density at radius 2 is 2.00 bits per heavy atom. The lowest BCUT2D eigenvalue weighted by molar-refractivity contribution is 0.0758. The van der Waals surface area contributed by atoms with Gasteiger partial charge in [-0.25, -0.2) is 4.98 Å². The molecule has 2 heterocycles. The predicted molar refractivity (Wildman–Crippen MR) is 93.5 cm³/mol. The average molecular weight is 396 g/mol. The summed E-state index contributed by atoms with van der Waals surface area (Å²) in [5, 5.41) is 1.91. The Kier molecular flexibility index (Phi) is 6.12. The third kappa shape index (κ3) is 3.76. The molecule has 0 fully saturated rings. The van der Waals surface area contributed by atoms with Crippen LogP contribution in [0.1, 0.15) is 15.4 Å². The molecule has 116 valence electrons. The van der Waals surface area contributed by atoms with Gasteiger partial charge in [-0.2, -0.15) is 0 Å². The highest BCUT2D eigenvalue weighted by Crippen LogP contribution is 2.36. The van der Waals surface area contributed by atoms with Crippen LogP contribution in [0, 0.1) is 0 Å². The van der Waals surface area contributed by atoms with E-state index in [1.54, 1.807) is 22.3 Å². The van der Waals surface area contributed by atoms with E-state index in [0.717, 1.165) is 4.88 Å². The first-order valence-electron chi connectivity index (χ1n) is 6.08. The van der Waals surface area contributed by atoms with E-state index in [9.17, 15) is 4.79 Å². The second-order valence-corrected chi connectivity index (χ2v) is 6.77. The lowest BCUT2D eigenvalue weighted by Gasteiger charge is -2.21. The summed E-state index contributed by atoms with van der Waals surface area (Å²) in [6.45, 7) is 4.42. The standard InChI is InChI=1S/C14H10Cl4N2OS/c1-2-5-20(7-8-4-3-6-22-8)14(21)12-10(16)9(15)11(17)13(18)19-12/h2-4,6H,1,5,7H2. The molecule has 0 bridgehead atoms. The van der Waals surface area contributed by atoms with E-state index in [1.807, 2.05) is 17.5 Å². The predicted octanol–water partition coefficient (Wildman–Crippen LogP) is 5.59. The molecule has 0 N–H and O–H groups in total. The molecule has 2 aromatic heterocycles. The van der Waals surface area contributed by atoms with Crippen molar-refractivity contribution < 1.29 is 4.79 Å². The summed E-state index contributed by atoms with van der Waals surface area (Å²) in [4.78, 5) is 19.2. The Hall–Kier alpha value is -0.780. The molecular formula is C14H10Cl4N2OS. The zero-order valence-electron chi connectivity index (χ0n) is 11.2. The number of carbonyl (C=O) groups excluding carboxylic acids is 1. The zero-order chi connectivity index (χ0) is 16.3. The van der Waals surface area contributed by atoms with Crippen LogP contribution in [0.4, 0.5) is 0 Å². The normalized spacial score (nSPS) is 10.5. The number of amides is 1. The monoisotopic (exact) mass is 394 g/mol. The number of halogens is 4. The summed E-state index contributed by atoms with van der Waals surface area (Å²) in [5.74, 6) is -0.390. The third-order valence-corrected chi connectivity index (χ3v) is 5.29. The van der Waals surface area contributed by atoms with Crippen LogP contribution >= 0.6 is 57.7 Å². The molecule has 0 unspecified atom stereocenters. The van der Waals surface area contributed by atoms with Gasteiger partial charge in [0.05, 0.1) is 21.6 Å². The maximum Gasteiger partial charge on any atom is 0.274 e. The SMILES string of the molecule is C=CCN(Cc1cccs1)C(=O)c1nc(Cl)c(Cl)c(Cl)c1Cl. The van der Waals surface area contributed by atoms with Gasteiger partial charge in [0.2, 0.25) is 0 Å². The number of pyridine rings is 1. The van der Waals surface area contributed by atoms with Gasteiger partial charge >= 0.3 is 0 Å². The van der Waals surface area contributed by atoms with E-state index in [0.29, 0.717) is 13.1 Å². The average Bonchev–Trinajstić information content (AvgIpc) is 3.00. The highest BCUT2D eigenvalue weighted by Gasteiger charge is 2.24. The summed E-state index contributed by atoms with van der Waals surface area (Å²) >= 11 is 25.4. The van der Waals surface area contributed by atoms with Gasteiger partial charge in [-0.05, 0) is 11.4 Å². The molecule has 1 amide bonds. The molecule has 0 saturated carbocycles. The maximum absolute atomic E-state index is 12.7. The number of carbonyl (C=O) groups is 1. The number of thiophene rings is 1. The Morgan fingerprint density at radius 3 is 2.59 bits per heavy atom. The minimum absolute atomic E-state index is 0.0127. The minimum Gasteiger partial charge on any atom is -0.328 e. The summed E-state index contributed by atoms with van der Waals surface area (Å²) in [6.07, 6.45) is 1.62. The molecule has 0 atom stereocenters. The van der Waals surface area contributed by atoms with Crippen molar-refractivity contribution in [3.8, 4) is 0 Å². The fraction of sp³-hybridized carbons (Fsp3) is 0.143. The van der Waals surface area contributed by atoms with E-state index in [-0.39, 0.29) is 25.9 Å². The molecule has 0 aliphatic heterocycles. The molecule has 8 heteroatoms. The molecular weight excluding hydrogens is 386 g/mol. The molecule has 0 saturated heterocycles. The molecule has 2 aromatic rings. The van der Waals surface area contributed by atoms with Crippen LogP contribution in [0.3, 0.4) is 0 Å². The second kappa shape index (κ2) is 7.66. The second-order valence-electron chi connectivity index (χ2n) is 4.25. The van der Waals surface area contributed by atoms with E-state index in [1.165, 1.54) is 0 Å². The number of rotatable bonds is 5. The van der Waals surface area contributed by atoms with Gasteiger partial charge in [-0.15, -0.1) is 17.9 Å². The smallest absolute Gasteiger partial charge is 0.274 e. The van der Waals surface area contributed by atoms with Crippen molar-refractivity contribution in [2.75, 3.05) is 6.54 Å². The van der Waals surface area contributed by atoms with Gasteiger partial charge in [0.15, 0.2) is 0 Å². The van der Waals surface area contributed by atoms with Crippen molar-refractivity contribution in [2.45, 2.75) is 6.54 Å². The Bertz CT molecular complexity index is 703.